The Bertz CT molecular complexity index is 320. The highest BCUT2D eigenvalue weighted by molar-refractivity contribution is 5.40. The molecule has 0 bridgehead atoms. The maximum Gasteiger partial charge on any atom is 0.128 e. The Morgan fingerprint density at radius 1 is 1.40 bits per heavy atom. The van der Waals surface area contributed by atoms with E-state index in [2.05, 4.69) is 10.3 Å². The van der Waals surface area contributed by atoms with Gasteiger partial charge >= 0.3 is 0 Å². The van der Waals surface area contributed by atoms with Gasteiger partial charge < -0.3 is 16.8 Å². The summed E-state index contributed by atoms with van der Waals surface area (Å²) in [6.07, 6.45) is 3.94. The molecule has 1 aromatic rings. The van der Waals surface area contributed by atoms with Gasteiger partial charge in [0.1, 0.15) is 5.82 Å². The lowest BCUT2D eigenvalue weighted by molar-refractivity contribution is 0.322. The summed E-state index contributed by atoms with van der Waals surface area (Å²) in [5.74, 6) is 1.10. The van der Waals surface area contributed by atoms with Crippen LogP contribution in [0.2, 0.25) is 0 Å². The van der Waals surface area contributed by atoms with Crippen LogP contribution < -0.4 is 16.8 Å². The summed E-state index contributed by atoms with van der Waals surface area (Å²) in [6, 6.07) is 3.91. The van der Waals surface area contributed by atoms with Crippen LogP contribution >= 0.6 is 0 Å². The van der Waals surface area contributed by atoms with E-state index < -0.39 is 0 Å². The molecule has 15 heavy (non-hydrogen) atoms. The van der Waals surface area contributed by atoms with Gasteiger partial charge in [-0.15, -0.1) is 0 Å². The van der Waals surface area contributed by atoms with E-state index in [-0.39, 0.29) is 6.04 Å². The minimum atomic E-state index is 0.0285. The van der Waals surface area contributed by atoms with Crippen LogP contribution in [-0.4, -0.2) is 18.1 Å². The number of anilines is 1. The zero-order chi connectivity index (χ0) is 10.7. The Morgan fingerprint density at radius 3 is 2.80 bits per heavy atom. The number of rotatable bonds is 2. The summed E-state index contributed by atoms with van der Waals surface area (Å²) in [5, 5.41) is 3.33. The molecule has 0 aromatic carbocycles. The van der Waals surface area contributed by atoms with E-state index in [4.69, 9.17) is 11.5 Å². The van der Waals surface area contributed by atoms with E-state index in [1.807, 2.05) is 12.1 Å². The van der Waals surface area contributed by atoms with Gasteiger partial charge in [-0.1, -0.05) is 6.07 Å². The van der Waals surface area contributed by atoms with Crippen molar-refractivity contribution in [3.63, 3.8) is 0 Å². The number of nitrogen functional groups attached to an aromatic ring is 1. The van der Waals surface area contributed by atoms with Crippen molar-refractivity contribution in [2.45, 2.75) is 18.9 Å². The zero-order valence-electron chi connectivity index (χ0n) is 8.82. The van der Waals surface area contributed by atoms with Crippen molar-refractivity contribution >= 4 is 5.82 Å². The average molecular weight is 206 g/mol. The lowest BCUT2D eigenvalue weighted by atomic mass is 9.87. The molecule has 1 aliphatic heterocycles. The molecule has 0 amide bonds. The molecule has 1 saturated heterocycles. The maximum atomic E-state index is 6.22. The number of piperidine rings is 1. The highest BCUT2D eigenvalue weighted by Gasteiger charge is 2.23. The third-order valence-corrected chi connectivity index (χ3v) is 3.12. The van der Waals surface area contributed by atoms with E-state index in [0.717, 1.165) is 31.5 Å². The van der Waals surface area contributed by atoms with E-state index in [9.17, 15) is 0 Å². The molecule has 5 N–H and O–H groups in total. The van der Waals surface area contributed by atoms with Gasteiger partial charge in [0.15, 0.2) is 0 Å². The van der Waals surface area contributed by atoms with E-state index in [1.54, 1.807) is 6.20 Å². The maximum absolute atomic E-state index is 6.22. The molecular formula is C11H18N4. The van der Waals surface area contributed by atoms with E-state index >= 15 is 0 Å². The molecule has 0 spiro atoms. The predicted octanol–water partition coefficient (Wildman–Crippen LogP) is 0.663. The Balaban J connectivity index is 2.12. The monoisotopic (exact) mass is 206 g/mol. The first-order valence-electron chi connectivity index (χ1n) is 5.45. The number of nitrogens with one attached hydrogen (secondary N) is 1. The molecule has 1 aromatic heterocycles. The highest BCUT2D eigenvalue weighted by atomic mass is 14.9. The van der Waals surface area contributed by atoms with Crippen molar-refractivity contribution < 1.29 is 0 Å². The smallest absolute Gasteiger partial charge is 0.128 e. The first-order chi connectivity index (χ1) is 7.29. The lowest BCUT2D eigenvalue weighted by Gasteiger charge is -2.28. The van der Waals surface area contributed by atoms with Crippen LogP contribution in [0.4, 0.5) is 5.82 Å². The molecule has 82 valence electrons. The second-order valence-electron chi connectivity index (χ2n) is 4.09. The Morgan fingerprint density at radius 2 is 2.13 bits per heavy atom. The molecule has 4 nitrogen and oxygen atoms in total. The van der Waals surface area contributed by atoms with Crippen molar-refractivity contribution in [1.82, 2.24) is 10.3 Å². The van der Waals surface area contributed by atoms with Gasteiger partial charge in [-0.05, 0) is 37.9 Å². The normalized spacial score (nSPS) is 20.1. The summed E-state index contributed by atoms with van der Waals surface area (Å²) < 4.78 is 0. The quantitative estimate of drug-likeness (QED) is 0.664. The van der Waals surface area contributed by atoms with Gasteiger partial charge in [0.05, 0.1) is 0 Å². The molecule has 0 saturated carbocycles. The van der Waals surface area contributed by atoms with Crippen LogP contribution in [0.3, 0.4) is 0 Å². The van der Waals surface area contributed by atoms with Gasteiger partial charge in [-0.25, -0.2) is 4.98 Å². The molecule has 1 atom stereocenters. The third-order valence-electron chi connectivity index (χ3n) is 3.12. The topological polar surface area (TPSA) is 77.0 Å². The van der Waals surface area contributed by atoms with Crippen LogP contribution in [-0.2, 0) is 0 Å². The molecule has 0 radical (unpaired) electrons. The second kappa shape index (κ2) is 4.59. The third kappa shape index (κ3) is 2.27. The molecule has 1 fully saturated rings. The van der Waals surface area contributed by atoms with Crippen molar-refractivity contribution in [2.75, 3.05) is 18.8 Å². The van der Waals surface area contributed by atoms with Crippen molar-refractivity contribution in [1.29, 1.82) is 0 Å². The predicted molar refractivity (Wildman–Crippen MR) is 61.2 cm³/mol. The van der Waals surface area contributed by atoms with Gasteiger partial charge in [-0.3, -0.25) is 0 Å². The number of aromatic nitrogens is 1. The fourth-order valence-electron chi connectivity index (χ4n) is 2.17. The molecule has 0 unspecified atom stereocenters. The highest BCUT2D eigenvalue weighted by Crippen LogP contribution is 2.28. The Hall–Kier alpha value is -1.13. The summed E-state index contributed by atoms with van der Waals surface area (Å²) >= 11 is 0. The Kier molecular flexibility index (Phi) is 3.18. The largest absolute Gasteiger partial charge is 0.383 e. The summed E-state index contributed by atoms with van der Waals surface area (Å²) in [6.45, 7) is 2.11. The molecule has 4 heteroatoms. The summed E-state index contributed by atoms with van der Waals surface area (Å²) in [5.41, 5.74) is 13.0. The first-order valence-corrected chi connectivity index (χ1v) is 5.45. The fourth-order valence-corrected chi connectivity index (χ4v) is 2.17. The van der Waals surface area contributed by atoms with Crippen molar-refractivity contribution in [3.8, 4) is 0 Å². The number of nitrogens with two attached hydrogens (primary N) is 2. The van der Waals surface area contributed by atoms with Crippen LogP contribution in [0.1, 0.15) is 24.4 Å². The first kappa shape index (κ1) is 10.4. The summed E-state index contributed by atoms with van der Waals surface area (Å²) in [4.78, 5) is 4.08. The van der Waals surface area contributed by atoms with Crippen LogP contribution in [0.5, 0.6) is 0 Å². The van der Waals surface area contributed by atoms with Gasteiger partial charge in [0, 0.05) is 17.8 Å². The van der Waals surface area contributed by atoms with E-state index in [0.29, 0.717) is 11.7 Å². The van der Waals surface area contributed by atoms with Crippen LogP contribution in [0, 0.1) is 5.92 Å². The minimum absolute atomic E-state index is 0.0285. The zero-order valence-corrected chi connectivity index (χ0v) is 8.82. The average Bonchev–Trinajstić information content (AvgIpc) is 2.30. The minimum Gasteiger partial charge on any atom is -0.383 e. The fraction of sp³-hybridized carbons (Fsp3) is 0.545. The van der Waals surface area contributed by atoms with Gasteiger partial charge in [-0.2, -0.15) is 0 Å². The Labute approximate surface area is 90.1 Å². The number of pyridine rings is 1. The van der Waals surface area contributed by atoms with Crippen LogP contribution in [0.15, 0.2) is 18.3 Å². The SMILES string of the molecule is Nc1ncccc1[C@H](N)C1CCNCC1. The molecule has 1 aliphatic rings. The number of hydrogen-bond acceptors (Lipinski definition) is 4. The summed E-state index contributed by atoms with van der Waals surface area (Å²) in [7, 11) is 0. The number of nitrogens with zero attached hydrogens (tertiary/aromatic N) is 1. The van der Waals surface area contributed by atoms with Crippen LogP contribution in [0.25, 0.3) is 0 Å². The van der Waals surface area contributed by atoms with Crippen molar-refractivity contribution in [3.05, 3.63) is 23.9 Å². The van der Waals surface area contributed by atoms with Crippen molar-refractivity contribution in [2.24, 2.45) is 11.7 Å². The lowest BCUT2D eigenvalue weighted by Crippen LogP contribution is -2.34. The van der Waals surface area contributed by atoms with Gasteiger partial charge in [0.2, 0.25) is 0 Å². The van der Waals surface area contributed by atoms with Gasteiger partial charge in [0.25, 0.3) is 0 Å². The molecule has 2 rings (SSSR count). The van der Waals surface area contributed by atoms with E-state index in [1.165, 1.54) is 0 Å². The molecular weight excluding hydrogens is 188 g/mol. The number of hydrogen-bond donors (Lipinski definition) is 3. The standard InChI is InChI=1S/C11H18N4/c12-10(8-3-6-14-7-4-8)9-2-1-5-15-11(9)13/h1-2,5,8,10,14H,3-4,6-7,12H2,(H2,13,15)/t10-/m1/s1. The second-order valence-corrected chi connectivity index (χ2v) is 4.09. The molecule has 2 heterocycles. The molecule has 0 aliphatic carbocycles.